The average molecular weight is 318 g/mol. The fraction of sp³-hybridized carbons (Fsp3) is 0.929. The molecule has 0 aromatic rings. The number of carbonyl (C=O) groups is 1. The van der Waals surface area contributed by atoms with E-state index < -0.39 is 21.3 Å². The van der Waals surface area contributed by atoms with E-state index in [1.165, 1.54) is 0 Å². The quantitative estimate of drug-likeness (QED) is 0.741. The molecule has 21 heavy (non-hydrogen) atoms. The van der Waals surface area contributed by atoms with Crippen LogP contribution in [-0.4, -0.2) is 66.6 Å². The second kappa shape index (κ2) is 6.22. The fourth-order valence-corrected chi connectivity index (χ4v) is 4.29. The topological polar surface area (TPSA) is 86.7 Å². The minimum Gasteiger partial charge on any atom is -0.480 e. The van der Waals surface area contributed by atoms with Crippen molar-refractivity contribution >= 4 is 15.8 Å². The summed E-state index contributed by atoms with van der Waals surface area (Å²) in [5.74, 6) is -0.409. The summed E-state index contributed by atoms with van der Waals surface area (Å²) in [6.07, 6.45) is 3.20. The molecule has 1 aliphatic carbocycles. The van der Waals surface area contributed by atoms with Gasteiger partial charge in [-0.15, -0.1) is 0 Å². The Balaban J connectivity index is 1.97. The zero-order chi connectivity index (χ0) is 15.7. The van der Waals surface area contributed by atoms with Crippen molar-refractivity contribution in [3.8, 4) is 0 Å². The van der Waals surface area contributed by atoms with Crippen molar-refractivity contribution in [2.24, 2.45) is 0 Å². The Labute approximate surface area is 126 Å². The molecule has 0 spiro atoms. The van der Waals surface area contributed by atoms with Crippen molar-refractivity contribution in [3.05, 3.63) is 0 Å². The van der Waals surface area contributed by atoms with Gasteiger partial charge >= 0.3 is 5.97 Å². The lowest BCUT2D eigenvalue weighted by Gasteiger charge is -2.34. The summed E-state index contributed by atoms with van der Waals surface area (Å²) >= 11 is 0. The Morgan fingerprint density at radius 3 is 2.62 bits per heavy atom. The molecule has 1 saturated carbocycles. The molecule has 122 valence electrons. The molecule has 2 rings (SSSR count). The number of hydrogen-bond acceptors (Lipinski definition) is 5. The summed E-state index contributed by atoms with van der Waals surface area (Å²) in [5, 5.41) is 12.7. The van der Waals surface area contributed by atoms with Crippen LogP contribution < -0.4 is 5.32 Å². The summed E-state index contributed by atoms with van der Waals surface area (Å²) in [4.78, 5) is 13.7. The lowest BCUT2D eigenvalue weighted by Crippen LogP contribution is -2.54. The van der Waals surface area contributed by atoms with Crippen LogP contribution in [0.5, 0.6) is 0 Å². The van der Waals surface area contributed by atoms with Crippen LogP contribution in [0.1, 0.15) is 39.5 Å². The molecule has 6 nitrogen and oxygen atoms in total. The predicted octanol–water partition coefficient (Wildman–Crippen LogP) is 0.481. The molecule has 1 heterocycles. The van der Waals surface area contributed by atoms with Gasteiger partial charge in [-0.2, -0.15) is 0 Å². The first kappa shape index (κ1) is 16.7. The number of rotatable bonds is 6. The van der Waals surface area contributed by atoms with Gasteiger partial charge in [-0.1, -0.05) is 0 Å². The second-order valence-corrected chi connectivity index (χ2v) is 8.95. The summed E-state index contributed by atoms with van der Waals surface area (Å²) in [7, 11) is -2.93. The number of nitrogens with zero attached hydrogens (tertiary/aromatic N) is 1. The van der Waals surface area contributed by atoms with E-state index in [1.807, 2.05) is 6.92 Å². The van der Waals surface area contributed by atoms with Crippen LogP contribution in [-0.2, 0) is 14.6 Å². The zero-order valence-corrected chi connectivity index (χ0v) is 13.7. The molecule has 0 radical (unpaired) electrons. The standard InChI is InChI=1S/C14H26N2O4S/c1-11(16-6-3-8-21(19,20)9-7-16)10-14(2,13(17)18)15-12-4-5-12/h11-12,15H,3-10H2,1-2H3,(H,17,18). The Hall–Kier alpha value is -0.660. The van der Waals surface area contributed by atoms with Gasteiger partial charge in [-0.05, 0) is 46.1 Å². The molecule has 0 aromatic heterocycles. The van der Waals surface area contributed by atoms with Gasteiger partial charge < -0.3 is 5.11 Å². The van der Waals surface area contributed by atoms with Gasteiger partial charge in [0.2, 0.25) is 0 Å². The number of hydrogen-bond donors (Lipinski definition) is 2. The van der Waals surface area contributed by atoms with Gasteiger partial charge in [0.25, 0.3) is 0 Å². The average Bonchev–Trinajstić information content (AvgIpc) is 3.16. The summed E-state index contributed by atoms with van der Waals surface area (Å²) in [5.41, 5.74) is -0.939. The molecule has 7 heteroatoms. The third kappa shape index (κ3) is 4.66. The Morgan fingerprint density at radius 1 is 1.38 bits per heavy atom. The SMILES string of the molecule is CC(CC(C)(NC1CC1)C(=O)O)N1CCCS(=O)(=O)CC1. The Bertz CT molecular complexity index is 489. The number of carboxylic acids is 1. The Kier molecular flexibility index (Phi) is 4.95. The van der Waals surface area contributed by atoms with Crippen LogP contribution >= 0.6 is 0 Å². The molecule has 2 fully saturated rings. The lowest BCUT2D eigenvalue weighted by atomic mass is 9.92. The van der Waals surface area contributed by atoms with Crippen molar-refractivity contribution in [2.75, 3.05) is 24.6 Å². The Morgan fingerprint density at radius 2 is 2.05 bits per heavy atom. The molecule has 2 atom stereocenters. The van der Waals surface area contributed by atoms with Crippen LogP contribution in [0, 0.1) is 0 Å². The highest BCUT2D eigenvalue weighted by Gasteiger charge is 2.40. The normalized spacial score (nSPS) is 27.5. The fourth-order valence-electron chi connectivity index (χ4n) is 3.00. The highest BCUT2D eigenvalue weighted by Crippen LogP contribution is 2.26. The molecule has 2 unspecified atom stereocenters. The third-order valence-electron chi connectivity index (χ3n) is 4.49. The first-order chi connectivity index (χ1) is 9.72. The van der Waals surface area contributed by atoms with Crippen molar-refractivity contribution in [2.45, 2.75) is 57.2 Å². The summed E-state index contributed by atoms with van der Waals surface area (Å²) in [6, 6.07) is 0.369. The molecule has 0 bridgehead atoms. The smallest absolute Gasteiger partial charge is 0.323 e. The molecular formula is C14H26N2O4S. The van der Waals surface area contributed by atoms with Crippen molar-refractivity contribution < 1.29 is 18.3 Å². The summed E-state index contributed by atoms with van der Waals surface area (Å²) in [6.45, 7) is 4.95. The van der Waals surface area contributed by atoms with Crippen LogP contribution in [0.3, 0.4) is 0 Å². The minimum atomic E-state index is -2.93. The van der Waals surface area contributed by atoms with Crippen molar-refractivity contribution in [1.82, 2.24) is 10.2 Å². The first-order valence-electron chi connectivity index (χ1n) is 7.67. The molecule has 1 aliphatic heterocycles. The predicted molar refractivity (Wildman–Crippen MR) is 81.1 cm³/mol. The second-order valence-electron chi connectivity index (χ2n) is 6.65. The highest BCUT2D eigenvalue weighted by atomic mass is 32.2. The van der Waals surface area contributed by atoms with Crippen LogP contribution in [0.2, 0.25) is 0 Å². The summed E-state index contributed by atoms with van der Waals surface area (Å²) < 4.78 is 23.3. The number of nitrogens with one attached hydrogen (secondary N) is 1. The molecule has 0 amide bonds. The van der Waals surface area contributed by atoms with Gasteiger partial charge in [0.05, 0.1) is 11.5 Å². The molecule has 0 aromatic carbocycles. The van der Waals surface area contributed by atoms with E-state index in [4.69, 9.17) is 0 Å². The minimum absolute atomic E-state index is 0.0469. The van der Waals surface area contributed by atoms with Crippen molar-refractivity contribution in [3.63, 3.8) is 0 Å². The van der Waals surface area contributed by atoms with Gasteiger partial charge in [-0.25, -0.2) is 8.42 Å². The first-order valence-corrected chi connectivity index (χ1v) is 9.49. The van der Waals surface area contributed by atoms with E-state index >= 15 is 0 Å². The lowest BCUT2D eigenvalue weighted by molar-refractivity contribution is -0.145. The number of carboxylic acid groups (broad SMARTS) is 1. The third-order valence-corrected chi connectivity index (χ3v) is 6.20. The van der Waals surface area contributed by atoms with E-state index in [1.54, 1.807) is 6.92 Å². The van der Waals surface area contributed by atoms with Crippen LogP contribution in [0.25, 0.3) is 0 Å². The van der Waals surface area contributed by atoms with E-state index in [-0.39, 0.29) is 17.5 Å². The molecular weight excluding hydrogens is 292 g/mol. The molecule has 2 aliphatic rings. The van der Waals surface area contributed by atoms with E-state index in [0.717, 1.165) is 19.4 Å². The molecule has 2 N–H and O–H groups in total. The maximum atomic E-state index is 11.7. The van der Waals surface area contributed by atoms with Gasteiger partial charge in [0, 0.05) is 18.6 Å². The maximum absolute atomic E-state index is 11.7. The van der Waals surface area contributed by atoms with Crippen molar-refractivity contribution in [1.29, 1.82) is 0 Å². The van der Waals surface area contributed by atoms with E-state index in [2.05, 4.69) is 10.2 Å². The van der Waals surface area contributed by atoms with Crippen LogP contribution in [0.4, 0.5) is 0 Å². The van der Waals surface area contributed by atoms with Gasteiger partial charge in [0.1, 0.15) is 5.54 Å². The zero-order valence-electron chi connectivity index (χ0n) is 12.8. The number of aliphatic carboxylic acids is 1. The largest absolute Gasteiger partial charge is 0.480 e. The maximum Gasteiger partial charge on any atom is 0.323 e. The highest BCUT2D eigenvalue weighted by molar-refractivity contribution is 7.91. The van der Waals surface area contributed by atoms with E-state index in [0.29, 0.717) is 25.4 Å². The number of sulfone groups is 1. The molecule has 1 saturated heterocycles. The monoisotopic (exact) mass is 318 g/mol. The van der Waals surface area contributed by atoms with E-state index in [9.17, 15) is 18.3 Å². The van der Waals surface area contributed by atoms with Gasteiger partial charge in [-0.3, -0.25) is 15.0 Å². The van der Waals surface area contributed by atoms with Crippen LogP contribution in [0.15, 0.2) is 0 Å². The van der Waals surface area contributed by atoms with Gasteiger partial charge in [0.15, 0.2) is 9.84 Å².